The molecule has 8 N–H and O–H groups in total. The van der Waals surface area contributed by atoms with Gasteiger partial charge < -0.3 is 32.3 Å². The summed E-state index contributed by atoms with van der Waals surface area (Å²) < 4.78 is 21.4. The molecule has 3 heterocycles. The molecule has 0 radical (unpaired) electrons. The van der Waals surface area contributed by atoms with Gasteiger partial charge in [0.1, 0.15) is 17.6 Å². The number of anilines is 1. The number of ether oxygens (including phenoxy) is 1. The fourth-order valence-electron chi connectivity index (χ4n) is 2.94. The van der Waals surface area contributed by atoms with Gasteiger partial charge in [-0.2, -0.15) is 9.66 Å². The zero-order valence-electron chi connectivity index (χ0n) is 13.1. The molecule has 1 saturated heterocycles. The predicted molar refractivity (Wildman–Crippen MR) is 85.9 cm³/mol. The molecule has 10 nitrogen and oxygen atoms in total. The Kier molecular flexibility index (Phi) is 3.73. The van der Waals surface area contributed by atoms with E-state index in [1.54, 1.807) is 0 Å². The first-order chi connectivity index (χ1) is 11.6. The number of nitrogens with zero attached hydrogens (tertiary/aromatic N) is 3. The molecule has 1 aliphatic heterocycles. The molecule has 11 heteroatoms. The maximum absolute atomic E-state index is 14.3. The topological polar surface area (TPSA) is 168 Å². The van der Waals surface area contributed by atoms with Crippen LogP contribution in [-0.4, -0.2) is 48.3 Å². The standard InChI is InChI=1S/C14H17FN6O4/c1-3-14(17)9(23)8(5(2)22)25-12(14)20-4-6(15)7-10(20)19-13(16)21(18)11(7)24/h1,4-5,8-9,12,22-23H,17-18H2,2H3,(H2,16,19)/t5-,8-,9?,12-,14-/m1/s1. The Morgan fingerprint density at radius 3 is 2.80 bits per heavy atom. The van der Waals surface area contributed by atoms with Crippen molar-refractivity contribution in [1.82, 2.24) is 14.2 Å². The molecule has 1 fully saturated rings. The van der Waals surface area contributed by atoms with Gasteiger partial charge >= 0.3 is 0 Å². The fraction of sp³-hybridized carbons (Fsp3) is 0.429. The first-order valence-electron chi connectivity index (χ1n) is 7.25. The number of aliphatic hydroxyl groups is 2. The van der Waals surface area contributed by atoms with Gasteiger partial charge in [-0.05, 0) is 6.92 Å². The summed E-state index contributed by atoms with van der Waals surface area (Å²) in [6.45, 7) is 1.38. The summed E-state index contributed by atoms with van der Waals surface area (Å²) in [5.41, 5.74) is 8.72. The van der Waals surface area contributed by atoms with Crippen molar-refractivity contribution in [2.75, 3.05) is 11.6 Å². The SMILES string of the molecule is C#C[C@@]1(N)C(O)[C@@H]([C@@H](C)O)O[C@H]1n1cc(F)c2c(=O)n(N)c(N)nc21. The molecule has 0 aliphatic carbocycles. The van der Waals surface area contributed by atoms with Crippen molar-refractivity contribution in [3.8, 4) is 12.3 Å². The Hall–Kier alpha value is -2.65. The van der Waals surface area contributed by atoms with Gasteiger partial charge in [-0.3, -0.25) is 9.36 Å². The van der Waals surface area contributed by atoms with Crippen LogP contribution in [0.5, 0.6) is 0 Å². The second kappa shape index (κ2) is 5.43. The highest BCUT2D eigenvalue weighted by Crippen LogP contribution is 2.39. The van der Waals surface area contributed by atoms with Crippen molar-refractivity contribution >= 4 is 17.0 Å². The van der Waals surface area contributed by atoms with Gasteiger partial charge in [0.05, 0.1) is 6.10 Å². The number of aromatic nitrogens is 3. The molecule has 0 saturated carbocycles. The average molecular weight is 352 g/mol. The van der Waals surface area contributed by atoms with Gasteiger partial charge in [0.25, 0.3) is 5.56 Å². The molecule has 1 unspecified atom stereocenters. The van der Waals surface area contributed by atoms with Crippen molar-refractivity contribution in [1.29, 1.82) is 0 Å². The zero-order valence-corrected chi connectivity index (χ0v) is 13.1. The van der Waals surface area contributed by atoms with Crippen molar-refractivity contribution < 1.29 is 19.3 Å². The summed E-state index contributed by atoms with van der Waals surface area (Å²) in [4.78, 5) is 16.0. The summed E-state index contributed by atoms with van der Waals surface area (Å²) in [5.74, 6) is 6.33. The number of terminal acetylenes is 1. The van der Waals surface area contributed by atoms with Crippen molar-refractivity contribution in [3.63, 3.8) is 0 Å². The van der Waals surface area contributed by atoms with Gasteiger partial charge in [-0.15, -0.1) is 6.42 Å². The summed E-state index contributed by atoms with van der Waals surface area (Å²) in [7, 11) is 0. The van der Waals surface area contributed by atoms with E-state index in [0.717, 1.165) is 10.8 Å². The molecule has 1 aliphatic rings. The highest BCUT2D eigenvalue weighted by molar-refractivity contribution is 5.77. The minimum atomic E-state index is -1.81. The lowest BCUT2D eigenvalue weighted by molar-refractivity contribution is -0.0756. The number of fused-ring (bicyclic) bond motifs is 1. The third-order valence-electron chi connectivity index (χ3n) is 4.33. The van der Waals surface area contributed by atoms with Crippen LogP contribution < -0.4 is 22.9 Å². The second-order valence-corrected chi connectivity index (χ2v) is 5.94. The molecule has 2 aromatic heterocycles. The van der Waals surface area contributed by atoms with Crippen LogP contribution in [0.2, 0.25) is 0 Å². The number of nitrogens with two attached hydrogens (primary N) is 3. The van der Waals surface area contributed by atoms with Gasteiger partial charge in [0.2, 0.25) is 5.95 Å². The zero-order chi connectivity index (χ0) is 18.7. The Balaban J connectivity index is 2.26. The summed E-state index contributed by atoms with van der Waals surface area (Å²) in [6, 6.07) is 0. The molecule has 0 spiro atoms. The maximum atomic E-state index is 14.3. The number of halogens is 1. The van der Waals surface area contributed by atoms with Crippen LogP contribution in [-0.2, 0) is 4.74 Å². The monoisotopic (exact) mass is 352 g/mol. The van der Waals surface area contributed by atoms with Crippen LogP contribution in [0.15, 0.2) is 11.0 Å². The summed E-state index contributed by atoms with van der Waals surface area (Å²) in [6.07, 6.45) is 1.36. The van der Waals surface area contributed by atoms with E-state index in [0.29, 0.717) is 4.68 Å². The number of nitrogen functional groups attached to an aromatic ring is 2. The normalized spacial score (nSPS) is 30.5. The molecule has 2 aromatic rings. The molecule has 134 valence electrons. The Bertz CT molecular complexity index is 947. The molecule has 25 heavy (non-hydrogen) atoms. The van der Waals surface area contributed by atoms with E-state index in [1.807, 2.05) is 0 Å². The van der Waals surface area contributed by atoms with Crippen LogP contribution in [0.25, 0.3) is 11.0 Å². The molecule has 3 rings (SSSR count). The second-order valence-electron chi connectivity index (χ2n) is 5.94. The van der Waals surface area contributed by atoms with Crippen molar-refractivity contribution in [3.05, 3.63) is 22.4 Å². The summed E-state index contributed by atoms with van der Waals surface area (Å²) in [5, 5.41) is 19.7. The van der Waals surface area contributed by atoms with E-state index < -0.39 is 46.8 Å². The Morgan fingerprint density at radius 1 is 1.60 bits per heavy atom. The average Bonchev–Trinajstić information content (AvgIpc) is 3.01. The third-order valence-corrected chi connectivity index (χ3v) is 4.33. The van der Waals surface area contributed by atoms with E-state index in [2.05, 4.69) is 10.9 Å². The maximum Gasteiger partial charge on any atom is 0.285 e. The van der Waals surface area contributed by atoms with Crippen LogP contribution in [0.1, 0.15) is 13.2 Å². The lowest BCUT2D eigenvalue weighted by atomic mass is 9.90. The molecular formula is C14H17FN6O4. The molecule has 5 atom stereocenters. The number of hydrogen-bond donors (Lipinski definition) is 5. The largest absolute Gasteiger partial charge is 0.391 e. The fourth-order valence-corrected chi connectivity index (χ4v) is 2.94. The van der Waals surface area contributed by atoms with Gasteiger partial charge in [-0.1, -0.05) is 5.92 Å². The number of hydrogen-bond acceptors (Lipinski definition) is 8. The predicted octanol–water partition coefficient (Wildman–Crippen LogP) is -2.40. The van der Waals surface area contributed by atoms with E-state index in [9.17, 15) is 19.4 Å². The Labute approximate surface area is 140 Å². The van der Waals surface area contributed by atoms with E-state index >= 15 is 0 Å². The first-order valence-corrected chi connectivity index (χ1v) is 7.25. The smallest absolute Gasteiger partial charge is 0.285 e. The highest BCUT2D eigenvalue weighted by atomic mass is 19.1. The van der Waals surface area contributed by atoms with Crippen LogP contribution in [0, 0.1) is 18.2 Å². The van der Waals surface area contributed by atoms with Crippen molar-refractivity contribution in [2.24, 2.45) is 5.73 Å². The van der Waals surface area contributed by atoms with Crippen LogP contribution in [0.3, 0.4) is 0 Å². The molecular weight excluding hydrogens is 335 g/mol. The molecule has 0 aromatic carbocycles. The van der Waals surface area contributed by atoms with Gasteiger partial charge in [-0.25, -0.2) is 4.39 Å². The summed E-state index contributed by atoms with van der Waals surface area (Å²) >= 11 is 0. The molecule has 0 amide bonds. The minimum absolute atomic E-state index is 0.199. The van der Waals surface area contributed by atoms with Crippen LogP contribution >= 0.6 is 0 Å². The molecule has 0 bridgehead atoms. The van der Waals surface area contributed by atoms with Crippen LogP contribution in [0.4, 0.5) is 10.3 Å². The van der Waals surface area contributed by atoms with Gasteiger partial charge in [0.15, 0.2) is 23.2 Å². The van der Waals surface area contributed by atoms with E-state index in [1.165, 1.54) is 6.92 Å². The van der Waals surface area contributed by atoms with Crippen molar-refractivity contribution in [2.45, 2.75) is 37.0 Å². The lowest BCUT2D eigenvalue weighted by Gasteiger charge is -2.28. The quantitative estimate of drug-likeness (QED) is 0.294. The lowest BCUT2D eigenvalue weighted by Crippen LogP contribution is -2.54. The Morgan fingerprint density at radius 2 is 2.24 bits per heavy atom. The number of rotatable bonds is 2. The minimum Gasteiger partial charge on any atom is -0.391 e. The number of aliphatic hydroxyl groups excluding tert-OH is 2. The van der Waals surface area contributed by atoms with E-state index in [-0.39, 0.29) is 11.6 Å². The highest BCUT2D eigenvalue weighted by Gasteiger charge is 2.55. The first kappa shape index (κ1) is 17.2. The third kappa shape index (κ3) is 2.19. The van der Waals surface area contributed by atoms with E-state index in [4.69, 9.17) is 28.5 Å². The van der Waals surface area contributed by atoms with Gasteiger partial charge in [0, 0.05) is 6.20 Å².